The van der Waals surface area contributed by atoms with E-state index in [4.69, 9.17) is 4.98 Å². The molecule has 1 aliphatic heterocycles. The van der Waals surface area contributed by atoms with Gasteiger partial charge in [-0.1, -0.05) is 36.8 Å². The number of fused-ring (bicyclic) bond motifs is 2. The van der Waals surface area contributed by atoms with Gasteiger partial charge < -0.3 is 10.1 Å². The highest BCUT2D eigenvalue weighted by atomic mass is 32.1. The number of benzene rings is 1. The van der Waals surface area contributed by atoms with Crippen LogP contribution in [0.1, 0.15) is 48.8 Å². The Morgan fingerprint density at radius 2 is 2.09 bits per heavy atom. The van der Waals surface area contributed by atoms with Crippen LogP contribution in [0.4, 0.5) is 4.79 Å². The number of aryl methyl sites for hydroxylation is 1. The van der Waals surface area contributed by atoms with E-state index in [1.807, 2.05) is 42.1 Å². The molecule has 0 radical (unpaired) electrons. The number of hydrogen-bond acceptors (Lipinski definition) is 5. The molecule has 6 rings (SSSR count). The molecule has 1 amide bonds. The zero-order valence-corrected chi connectivity index (χ0v) is 19.6. The van der Waals surface area contributed by atoms with Crippen molar-refractivity contribution in [3.8, 4) is 10.4 Å². The summed E-state index contributed by atoms with van der Waals surface area (Å²) in [6, 6.07) is 11.7. The summed E-state index contributed by atoms with van der Waals surface area (Å²) in [6.07, 6.45) is 4.76. The van der Waals surface area contributed by atoms with Gasteiger partial charge in [-0.25, -0.2) is 9.78 Å². The molecule has 2 N–H and O–H groups in total. The van der Waals surface area contributed by atoms with E-state index in [-0.39, 0.29) is 11.6 Å². The Kier molecular flexibility index (Phi) is 5.02. The van der Waals surface area contributed by atoms with Crippen molar-refractivity contribution in [2.24, 2.45) is 5.92 Å². The molecule has 0 spiro atoms. The van der Waals surface area contributed by atoms with Crippen LogP contribution in [0.25, 0.3) is 20.7 Å². The van der Waals surface area contributed by atoms with Crippen LogP contribution in [0.15, 0.2) is 47.4 Å². The van der Waals surface area contributed by atoms with Crippen LogP contribution in [-0.4, -0.2) is 41.9 Å². The van der Waals surface area contributed by atoms with Gasteiger partial charge in [0.2, 0.25) is 0 Å². The molecule has 34 heavy (non-hydrogen) atoms. The number of aromatic amines is 1. The molecule has 1 saturated carbocycles. The Hall–Kier alpha value is -3.46. The highest BCUT2D eigenvalue weighted by Gasteiger charge is 2.47. The Morgan fingerprint density at radius 3 is 2.88 bits per heavy atom. The predicted molar refractivity (Wildman–Crippen MR) is 130 cm³/mol. The minimum atomic E-state index is -0.936. The molecule has 3 atom stereocenters. The molecular formula is C25H25N5O3S. The van der Waals surface area contributed by atoms with Gasteiger partial charge in [0, 0.05) is 22.7 Å². The largest absolute Gasteiger partial charge is 0.465 e. The van der Waals surface area contributed by atoms with Crippen molar-refractivity contribution in [2.75, 3.05) is 0 Å². The highest BCUT2D eigenvalue weighted by molar-refractivity contribution is 7.22. The molecule has 4 aromatic rings. The molecule has 3 aromatic heterocycles. The summed E-state index contributed by atoms with van der Waals surface area (Å²) in [5, 5.41) is 14.5. The van der Waals surface area contributed by atoms with Gasteiger partial charge in [0.05, 0.1) is 23.8 Å². The molecule has 2 aliphatic rings. The molecule has 0 bridgehead atoms. The maximum absolute atomic E-state index is 13.0. The SMILES string of the molecule is Cc1nn(Cc2ccccc2)cc1-c1cc2nc(C3C[C@@H]4CCC[C@@H]4N3C(=O)O)[nH]c(=O)c2s1. The predicted octanol–water partition coefficient (Wildman–Crippen LogP) is 4.80. The summed E-state index contributed by atoms with van der Waals surface area (Å²) in [4.78, 5) is 35.1. The van der Waals surface area contributed by atoms with Crippen molar-refractivity contribution in [3.05, 3.63) is 70.0 Å². The zero-order valence-electron chi connectivity index (χ0n) is 18.8. The fourth-order valence-electron chi connectivity index (χ4n) is 5.67. The van der Waals surface area contributed by atoms with Crippen LogP contribution in [0.2, 0.25) is 0 Å². The molecule has 8 nitrogen and oxygen atoms in total. The van der Waals surface area contributed by atoms with E-state index >= 15 is 0 Å². The van der Waals surface area contributed by atoms with Crippen molar-refractivity contribution in [1.82, 2.24) is 24.6 Å². The summed E-state index contributed by atoms with van der Waals surface area (Å²) in [7, 11) is 0. The maximum Gasteiger partial charge on any atom is 0.408 e. The lowest BCUT2D eigenvalue weighted by molar-refractivity contribution is 0.118. The summed E-state index contributed by atoms with van der Waals surface area (Å²) in [6.45, 7) is 2.64. The number of amides is 1. The van der Waals surface area contributed by atoms with Crippen LogP contribution in [0, 0.1) is 12.8 Å². The number of nitrogens with zero attached hydrogens (tertiary/aromatic N) is 4. The molecule has 4 heterocycles. The van der Waals surface area contributed by atoms with Crippen molar-refractivity contribution in [3.63, 3.8) is 0 Å². The summed E-state index contributed by atoms with van der Waals surface area (Å²) >= 11 is 1.40. The molecule has 1 aromatic carbocycles. The first-order valence-electron chi connectivity index (χ1n) is 11.6. The van der Waals surface area contributed by atoms with Crippen LogP contribution < -0.4 is 5.56 Å². The second-order valence-corrected chi connectivity index (χ2v) is 10.3. The van der Waals surface area contributed by atoms with Gasteiger partial charge >= 0.3 is 6.09 Å². The van der Waals surface area contributed by atoms with E-state index in [0.29, 0.717) is 34.9 Å². The number of aromatic nitrogens is 4. The number of carboxylic acid groups (broad SMARTS) is 1. The number of rotatable bonds is 4. The molecule has 1 unspecified atom stereocenters. The van der Waals surface area contributed by atoms with Gasteiger partial charge in [-0.3, -0.25) is 14.4 Å². The second-order valence-electron chi connectivity index (χ2n) is 9.29. The van der Waals surface area contributed by atoms with Gasteiger partial charge in [0.1, 0.15) is 10.5 Å². The Bertz CT molecular complexity index is 1440. The second kappa shape index (κ2) is 8.09. The minimum absolute atomic E-state index is 0.0274. The molecular weight excluding hydrogens is 450 g/mol. The normalized spacial score (nSPS) is 21.9. The summed E-state index contributed by atoms with van der Waals surface area (Å²) in [5.74, 6) is 0.799. The van der Waals surface area contributed by atoms with Gasteiger partial charge in [0.25, 0.3) is 5.56 Å². The van der Waals surface area contributed by atoms with E-state index in [1.54, 1.807) is 0 Å². The van der Waals surface area contributed by atoms with Crippen LogP contribution >= 0.6 is 11.3 Å². The fraction of sp³-hybridized carbons (Fsp3) is 0.360. The zero-order chi connectivity index (χ0) is 23.4. The first-order chi connectivity index (χ1) is 16.5. The number of nitrogens with one attached hydrogen (secondary N) is 1. The quantitative estimate of drug-likeness (QED) is 0.441. The third-order valence-electron chi connectivity index (χ3n) is 7.17. The Labute approximate surface area is 199 Å². The first kappa shape index (κ1) is 21.1. The average Bonchev–Trinajstić information content (AvgIpc) is 3.56. The third kappa shape index (κ3) is 3.51. The third-order valence-corrected chi connectivity index (χ3v) is 8.33. The lowest BCUT2D eigenvalue weighted by Gasteiger charge is -2.26. The van der Waals surface area contributed by atoms with E-state index in [2.05, 4.69) is 22.2 Å². The molecule has 174 valence electrons. The van der Waals surface area contributed by atoms with Crippen LogP contribution in [-0.2, 0) is 6.54 Å². The molecule has 2 fully saturated rings. The number of H-pyrrole nitrogens is 1. The van der Waals surface area contributed by atoms with Crippen molar-refractivity contribution < 1.29 is 9.90 Å². The number of carbonyl (C=O) groups is 1. The van der Waals surface area contributed by atoms with Gasteiger partial charge in [-0.2, -0.15) is 5.10 Å². The van der Waals surface area contributed by atoms with Crippen molar-refractivity contribution in [2.45, 2.75) is 51.2 Å². The Balaban J connectivity index is 1.35. The summed E-state index contributed by atoms with van der Waals surface area (Å²) in [5.41, 5.74) is 3.42. The van der Waals surface area contributed by atoms with Crippen LogP contribution in [0.5, 0.6) is 0 Å². The average molecular weight is 476 g/mol. The van der Waals surface area contributed by atoms with E-state index < -0.39 is 12.1 Å². The molecule has 9 heteroatoms. The smallest absolute Gasteiger partial charge is 0.408 e. The van der Waals surface area contributed by atoms with E-state index in [1.165, 1.54) is 21.8 Å². The molecule has 1 aliphatic carbocycles. The number of thiophene rings is 1. The lowest BCUT2D eigenvalue weighted by Crippen LogP contribution is -2.37. The lowest BCUT2D eigenvalue weighted by atomic mass is 10.0. The highest BCUT2D eigenvalue weighted by Crippen LogP contribution is 2.47. The Morgan fingerprint density at radius 1 is 1.26 bits per heavy atom. The minimum Gasteiger partial charge on any atom is -0.465 e. The first-order valence-corrected chi connectivity index (χ1v) is 12.4. The standard InChI is InChI=1S/C25H25N5O3S/c1-14-17(13-29(28-14)12-15-6-3-2-4-7-15)21-11-18-22(34-21)24(31)27-23(26-18)20-10-16-8-5-9-19(16)30(20)25(32)33/h2-4,6-7,11,13,16,19-20H,5,8-10,12H2,1H3,(H,32,33)(H,26,27,31)/t16-,19-,20?/m0/s1. The van der Waals surface area contributed by atoms with E-state index in [0.717, 1.165) is 35.4 Å². The topological polar surface area (TPSA) is 104 Å². The maximum atomic E-state index is 13.0. The number of likely N-dealkylation sites (tertiary alicyclic amines) is 1. The monoisotopic (exact) mass is 475 g/mol. The molecule has 1 saturated heterocycles. The van der Waals surface area contributed by atoms with Crippen LogP contribution in [0.3, 0.4) is 0 Å². The van der Waals surface area contributed by atoms with Gasteiger partial charge in [-0.05, 0) is 43.7 Å². The van der Waals surface area contributed by atoms with Crippen molar-refractivity contribution >= 4 is 27.6 Å². The van der Waals surface area contributed by atoms with Gasteiger partial charge in [-0.15, -0.1) is 11.3 Å². The van der Waals surface area contributed by atoms with Gasteiger partial charge in [0.15, 0.2) is 0 Å². The van der Waals surface area contributed by atoms with Crippen molar-refractivity contribution in [1.29, 1.82) is 0 Å². The number of hydrogen-bond donors (Lipinski definition) is 2. The van der Waals surface area contributed by atoms with E-state index in [9.17, 15) is 14.7 Å². The summed E-state index contributed by atoms with van der Waals surface area (Å²) < 4.78 is 2.46. The fourth-order valence-corrected chi connectivity index (χ4v) is 6.72.